The number of nitro benzene ring substituents is 1. The first kappa shape index (κ1) is 18.8. The fraction of sp³-hybridized carbons (Fsp3) is 0.238. The van der Waals surface area contributed by atoms with Gasteiger partial charge in [0.15, 0.2) is 0 Å². The Bertz CT molecular complexity index is 1090. The zero-order chi connectivity index (χ0) is 20.4. The molecule has 0 bridgehead atoms. The number of carbonyl (C=O) groups is 1. The summed E-state index contributed by atoms with van der Waals surface area (Å²) < 4.78 is 5.38. The summed E-state index contributed by atoms with van der Waals surface area (Å²) in [5.74, 6) is -0.411. The minimum absolute atomic E-state index is 0.126. The molecule has 0 radical (unpaired) electrons. The standard InChI is InChI=1S/C21H20N4O4/c1-14-5-6-15-3-2-4-18(20(15)22-14)23-21(26)17-13-16(25(27)28)7-8-19(17)24-9-11-29-12-10-24/h2-8,13H,9-12H2,1H3,(H,23,26). The number of para-hydroxylation sites is 1. The lowest BCUT2D eigenvalue weighted by Gasteiger charge is -2.30. The summed E-state index contributed by atoms with van der Waals surface area (Å²) in [6.07, 6.45) is 0. The number of carbonyl (C=O) groups excluding carboxylic acids is 1. The Labute approximate surface area is 167 Å². The monoisotopic (exact) mass is 392 g/mol. The molecule has 1 saturated heterocycles. The average molecular weight is 392 g/mol. The lowest BCUT2D eigenvalue weighted by molar-refractivity contribution is -0.384. The Balaban J connectivity index is 1.73. The normalized spacial score (nSPS) is 14.0. The van der Waals surface area contributed by atoms with Crippen molar-refractivity contribution in [2.75, 3.05) is 36.5 Å². The van der Waals surface area contributed by atoms with Crippen molar-refractivity contribution in [3.8, 4) is 0 Å². The van der Waals surface area contributed by atoms with E-state index in [9.17, 15) is 14.9 Å². The molecule has 2 heterocycles. The van der Waals surface area contributed by atoms with Crippen molar-refractivity contribution in [2.45, 2.75) is 6.92 Å². The summed E-state index contributed by atoms with van der Waals surface area (Å²) in [4.78, 5) is 30.5. The molecule has 1 fully saturated rings. The van der Waals surface area contributed by atoms with E-state index in [0.717, 1.165) is 11.1 Å². The van der Waals surface area contributed by atoms with E-state index < -0.39 is 10.8 Å². The highest BCUT2D eigenvalue weighted by atomic mass is 16.6. The van der Waals surface area contributed by atoms with Gasteiger partial charge in [-0.15, -0.1) is 0 Å². The minimum Gasteiger partial charge on any atom is -0.378 e. The third kappa shape index (κ3) is 3.88. The molecule has 0 saturated carbocycles. The number of hydrogen-bond donors (Lipinski definition) is 1. The molecule has 1 aromatic heterocycles. The molecule has 0 atom stereocenters. The van der Waals surface area contributed by atoms with Crippen LogP contribution in [0.25, 0.3) is 10.9 Å². The largest absolute Gasteiger partial charge is 0.378 e. The number of anilines is 2. The van der Waals surface area contributed by atoms with E-state index in [4.69, 9.17) is 4.74 Å². The van der Waals surface area contributed by atoms with Crippen LogP contribution in [0.3, 0.4) is 0 Å². The van der Waals surface area contributed by atoms with Crippen LogP contribution in [0.1, 0.15) is 16.1 Å². The van der Waals surface area contributed by atoms with Crippen molar-refractivity contribution < 1.29 is 14.5 Å². The lowest BCUT2D eigenvalue weighted by atomic mass is 10.1. The maximum Gasteiger partial charge on any atom is 0.270 e. The smallest absolute Gasteiger partial charge is 0.270 e. The molecule has 29 heavy (non-hydrogen) atoms. The number of nitrogens with one attached hydrogen (secondary N) is 1. The molecule has 1 aliphatic rings. The van der Waals surface area contributed by atoms with Crippen molar-refractivity contribution >= 4 is 33.9 Å². The third-order valence-corrected chi connectivity index (χ3v) is 4.90. The molecule has 1 aliphatic heterocycles. The zero-order valence-electron chi connectivity index (χ0n) is 15.9. The summed E-state index contributed by atoms with van der Waals surface area (Å²) in [7, 11) is 0. The number of hydrogen-bond acceptors (Lipinski definition) is 6. The first-order valence-electron chi connectivity index (χ1n) is 9.32. The van der Waals surface area contributed by atoms with E-state index in [1.165, 1.54) is 12.1 Å². The fourth-order valence-corrected chi connectivity index (χ4v) is 3.43. The number of nitrogens with zero attached hydrogens (tertiary/aromatic N) is 3. The second-order valence-electron chi connectivity index (χ2n) is 6.84. The summed E-state index contributed by atoms with van der Waals surface area (Å²) in [6.45, 7) is 4.21. The molecule has 4 rings (SSSR count). The molecule has 2 aromatic carbocycles. The molecular weight excluding hydrogens is 372 g/mol. The number of benzene rings is 2. The molecular formula is C21H20N4O4. The lowest BCUT2D eigenvalue weighted by Crippen LogP contribution is -2.37. The van der Waals surface area contributed by atoms with Gasteiger partial charge in [0.1, 0.15) is 0 Å². The number of fused-ring (bicyclic) bond motifs is 1. The van der Waals surface area contributed by atoms with E-state index in [-0.39, 0.29) is 11.3 Å². The zero-order valence-corrected chi connectivity index (χ0v) is 15.9. The van der Waals surface area contributed by atoms with Crippen molar-refractivity contribution in [3.63, 3.8) is 0 Å². The van der Waals surface area contributed by atoms with Crippen molar-refractivity contribution in [1.29, 1.82) is 0 Å². The Morgan fingerprint density at radius 2 is 1.97 bits per heavy atom. The average Bonchev–Trinajstić information content (AvgIpc) is 2.74. The van der Waals surface area contributed by atoms with Crippen LogP contribution in [-0.4, -0.2) is 42.1 Å². The van der Waals surface area contributed by atoms with Crippen LogP contribution >= 0.6 is 0 Å². The second-order valence-corrected chi connectivity index (χ2v) is 6.84. The summed E-state index contributed by atoms with van der Waals surface area (Å²) in [5, 5.41) is 15.1. The van der Waals surface area contributed by atoms with Crippen LogP contribution < -0.4 is 10.2 Å². The first-order valence-corrected chi connectivity index (χ1v) is 9.32. The quantitative estimate of drug-likeness (QED) is 0.539. The van der Waals surface area contributed by atoms with Crippen LogP contribution in [0.5, 0.6) is 0 Å². The van der Waals surface area contributed by atoms with Gasteiger partial charge in [-0.25, -0.2) is 0 Å². The van der Waals surface area contributed by atoms with E-state index in [2.05, 4.69) is 10.3 Å². The number of nitro groups is 1. The fourth-order valence-electron chi connectivity index (χ4n) is 3.43. The molecule has 148 valence electrons. The van der Waals surface area contributed by atoms with Crippen molar-refractivity contribution in [1.82, 2.24) is 4.98 Å². The van der Waals surface area contributed by atoms with Gasteiger partial charge < -0.3 is 15.0 Å². The van der Waals surface area contributed by atoms with Crippen LogP contribution in [0.15, 0.2) is 48.5 Å². The SMILES string of the molecule is Cc1ccc2cccc(NC(=O)c3cc([N+](=O)[O-])ccc3N3CCOCC3)c2n1. The summed E-state index contributed by atoms with van der Waals surface area (Å²) >= 11 is 0. The number of non-ortho nitro benzene ring substituents is 1. The van der Waals surface area contributed by atoms with Crippen molar-refractivity contribution in [3.05, 3.63) is 69.9 Å². The van der Waals surface area contributed by atoms with E-state index in [1.54, 1.807) is 12.1 Å². The third-order valence-electron chi connectivity index (χ3n) is 4.90. The highest BCUT2D eigenvalue weighted by Crippen LogP contribution is 2.28. The predicted octanol–water partition coefficient (Wildman–Crippen LogP) is 3.54. The number of pyridine rings is 1. The Morgan fingerprint density at radius 3 is 2.72 bits per heavy atom. The second kappa shape index (κ2) is 7.84. The van der Waals surface area contributed by atoms with Gasteiger partial charge in [-0.05, 0) is 25.1 Å². The number of ether oxygens (including phenoxy) is 1. The van der Waals surface area contributed by atoms with E-state index >= 15 is 0 Å². The van der Waals surface area contributed by atoms with Crippen LogP contribution in [-0.2, 0) is 4.74 Å². The molecule has 0 unspecified atom stereocenters. The first-order chi connectivity index (χ1) is 14.0. The van der Waals surface area contributed by atoms with Gasteiger partial charge in [-0.2, -0.15) is 0 Å². The summed E-state index contributed by atoms with van der Waals surface area (Å²) in [6, 6.07) is 13.8. The topological polar surface area (TPSA) is 97.6 Å². The van der Waals surface area contributed by atoms with Crippen LogP contribution in [0.4, 0.5) is 17.1 Å². The van der Waals surface area contributed by atoms with Crippen molar-refractivity contribution in [2.24, 2.45) is 0 Å². The maximum absolute atomic E-state index is 13.2. The molecule has 3 aromatic rings. The van der Waals surface area contributed by atoms with E-state index in [1.807, 2.05) is 36.1 Å². The number of aromatic nitrogens is 1. The van der Waals surface area contributed by atoms with Gasteiger partial charge in [0, 0.05) is 36.3 Å². The molecule has 0 spiro atoms. The predicted molar refractivity (Wildman–Crippen MR) is 111 cm³/mol. The number of aryl methyl sites for hydroxylation is 1. The Hall–Kier alpha value is -3.52. The van der Waals surface area contributed by atoms with Gasteiger partial charge in [-0.3, -0.25) is 19.9 Å². The maximum atomic E-state index is 13.2. The van der Waals surface area contributed by atoms with Gasteiger partial charge in [0.05, 0.1) is 40.6 Å². The molecule has 8 heteroatoms. The Kier molecular flexibility index (Phi) is 5.09. The summed E-state index contributed by atoms with van der Waals surface area (Å²) in [5.41, 5.74) is 2.86. The highest BCUT2D eigenvalue weighted by molar-refractivity contribution is 6.11. The van der Waals surface area contributed by atoms with Gasteiger partial charge in [-0.1, -0.05) is 18.2 Å². The molecule has 1 amide bonds. The van der Waals surface area contributed by atoms with Crippen LogP contribution in [0, 0.1) is 17.0 Å². The van der Waals surface area contributed by atoms with Crippen LogP contribution in [0.2, 0.25) is 0 Å². The molecule has 1 N–H and O–H groups in total. The van der Waals surface area contributed by atoms with Gasteiger partial charge >= 0.3 is 0 Å². The Morgan fingerprint density at radius 1 is 1.17 bits per heavy atom. The van der Waals surface area contributed by atoms with Gasteiger partial charge in [0.25, 0.3) is 11.6 Å². The van der Waals surface area contributed by atoms with E-state index in [0.29, 0.717) is 43.2 Å². The number of amides is 1. The minimum atomic E-state index is -0.497. The van der Waals surface area contributed by atoms with Gasteiger partial charge in [0.2, 0.25) is 0 Å². The molecule has 0 aliphatic carbocycles. The molecule has 8 nitrogen and oxygen atoms in total. The number of rotatable bonds is 4. The highest BCUT2D eigenvalue weighted by Gasteiger charge is 2.22. The number of morpholine rings is 1.